The molecule has 0 aliphatic heterocycles. The maximum absolute atomic E-state index is 13.8. The third-order valence-electron chi connectivity index (χ3n) is 5.93. The Labute approximate surface area is 219 Å². The van der Waals surface area contributed by atoms with Crippen molar-refractivity contribution < 1.29 is 13.9 Å². The van der Waals surface area contributed by atoms with E-state index in [1.54, 1.807) is 54.9 Å². The average molecular weight is 526 g/mol. The van der Waals surface area contributed by atoms with Gasteiger partial charge in [-0.15, -0.1) is 0 Å². The summed E-state index contributed by atoms with van der Waals surface area (Å²) in [5, 5.41) is 3.99. The zero-order valence-electron chi connectivity index (χ0n) is 19.5. The Hall–Kier alpha value is -5.02. The van der Waals surface area contributed by atoms with Gasteiger partial charge in [-0.05, 0) is 72.8 Å². The molecule has 0 radical (unpaired) electrons. The van der Waals surface area contributed by atoms with Gasteiger partial charge in [-0.2, -0.15) is 0 Å². The van der Waals surface area contributed by atoms with Crippen LogP contribution in [0, 0.1) is 5.82 Å². The molecule has 8 nitrogen and oxygen atoms in total. The summed E-state index contributed by atoms with van der Waals surface area (Å²) in [4.78, 5) is 38.2. The number of aromatic amines is 1. The number of pyridine rings is 3. The molecule has 0 saturated carbocycles. The van der Waals surface area contributed by atoms with Crippen LogP contribution in [0.15, 0.2) is 96.2 Å². The number of carbonyl (C=O) groups excluding carboxylic acids is 1. The van der Waals surface area contributed by atoms with Crippen molar-refractivity contribution in [1.82, 2.24) is 19.5 Å². The van der Waals surface area contributed by atoms with Gasteiger partial charge < -0.3 is 15.0 Å². The molecule has 2 N–H and O–H groups in total. The summed E-state index contributed by atoms with van der Waals surface area (Å²) in [7, 11) is 0. The highest BCUT2D eigenvalue weighted by molar-refractivity contribution is 6.30. The molecule has 0 spiro atoms. The first-order valence-electron chi connectivity index (χ1n) is 11.5. The number of H-pyrrole nitrogens is 1. The average Bonchev–Trinajstić information content (AvgIpc) is 3.41. The highest BCUT2D eigenvalue weighted by Crippen LogP contribution is 2.29. The molecule has 0 fully saturated rings. The molecular weight excluding hydrogens is 509 g/mol. The molecule has 0 atom stereocenters. The van der Waals surface area contributed by atoms with Gasteiger partial charge in [-0.1, -0.05) is 11.6 Å². The molecule has 0 bridgehead atoms. The van der Waals surface area contributed by atoms with Gasteiger partial charge >= 0.3 is 0 Å². The van der Waals surface area contributed by atoms with Gasteiger partial charge in [0.25, 0.3) is 11.5 Å². The van der Waals surface area contributed by atoms with Gasteiger partial charge in [0.2, 0.25) is 0 Å². The van der Waals surface area contributed by atoms with Crippen LogP contribution in [-0.2, 0) is 0 Å². The Morgan fingerprint density at radius 1 is 1.00 bits per heavy atom. The van der Waals surface area contributed by atoms with Crippen molar-refractivity contribution in [2.24, 2.45) is 0 Å². The van der Waals surface area contributed by atoms with Gasteiger partial charge in [-0.25, -0.2) is 14.4 Å². The van der Waals surface area contributed by atoms with E-state index < -0.39 is 17.3 Å². The van der Waals surface area contributed by atoms with Gasteiger partial charge in [-0.3, -0.25) is 14.2 Å². The Morgan fingerprint density at radius 2 is 1.84 bits per heavy atom. The molecule has 6 aromatic rings. The van der Waals surface area contributed by atoms with E-state index in [9.17, 15) is 14.0 Å². The molecule has 4 aromatic heterocycles. The predicted octanol–water partition coefficient (Wildman–Crippen LogP) is 6.10. The van der Waals surface area contributed by atoms with Crippen LogP contribution in [-0.4, -0.2) is 25.4 Å². The van der Waals surface area contributed by atoms with Crippen LogP contribution in [0.5, 0.6) is 11.5 Å². The lowest BCUT2D eigenvalue weighted by atomic mass is 10.1. The number of hydrogen-bond donors (Lipinski definition) is 2. The van der Waals surface area contributed by atoms with Crippen LogP contribution in [0.25, 0.3) is 27.8 Å². The standard InChI is InChI=1S/C28H17ClFN5O3/c29-22-15-18(5-8-23(22)30)35-26-16(2-1-11-33-26)14-21(28(35)37)27(36)34-17-3-6-19(7-4-17)38-24-10-13-32-25-20(24)9-12-31-25/h1-15H,(H,31,32)(H,34,36). The van der Waals surface area contributed by atoms with E-state index in [1.807, 2.05) is 6.07 Å². The summed E-state index contributed by atoms with van der Waals surface area (Å²) in [5.41, 5.74) is 1.04. The van der Waals surface area contributed by atoms with Crippen LogP contribution < -0.4 is 15.6 Å². The number of nitrogens with zero attached hydrogens (tertiary/aromatic N) is 3. The van der Waals surface area contributed by atoms with Gasteiger partial charge in [0, 0.05) is 29.7 Å². The Balaban J connectivity index is 1.30. The maximum Gasteiger partial charge on any atom is 0.269 e. The summed E-state index contributed by atoms with van der Waals surface area (Å²) in [5.74, 6) is -0.0358. The Kier molecular flexibility index (Phi) is 5.82. The maximum atomic E-state index is 13.8. The summed E-state index contributed by atoms with van der Waals surface area (Å²) in [6.07, 6.45) is 4.96. The molecule has 0 aliphatic rings. The lowest BCUT2D eigenvalue weighted by Crippen LogP contribution is -2.29. The topological polar surface area (TPSA) is 102 Å². The largest absolute Gasteiger partial charge is 0.457 e. The van der Waals surface area contributed by atoms with E-state index in [1.165, 1.54) is 29.0 Å². The van der Waals surface area contributed by atoms with Crippen LogP contribution in [0.3, 0.4) is 0 Å². The number of halogens is 2. The lowest BCUT2D eigenvalue weighted by Gasteiger charge is -2.13. The molecular formula is C28H17ClFN5O3. The summed E-state index contributed by atoms with van der Waals surface area (Å²) < 4.78 is 21.0. The number of carbonyl (C=O) groups is 1. The second-order valence-electron chi connectivity index (χ2n) is 8.34. The third-order valence-corrected chi connectivity index (χ3v) is 6.22. The lowest BCUT2D eigenvalue weighted by molar-refractivity contribution is 0.102. The molecule has 0 aliphatic carbocycles. The highest BCUT2D eigenvalue weighted by atomic mass is 35.5. The fourth-order valence-electron chi connectivity index (χ4n) is 4.13. The van der Waals surface area contributed by atoms with Crippen LogP contribution >= 0.6 is 11.6 Å². The zero-order valence-corrected chi connectivity index (χ0v) is 20.2. The fraction of sp³-hybridized carbons (Fsp3) is 0. The number of fused-ring (bicyclic) bond motifs is 2. The van der Waals surface area contributed by atoms with Crippen molar-refractivity contribution >= 4 is 45.3 Å². The second-order valence-corrected chi connectivity index (χ2v) is 8.75. The van der Waals surface area contributed by atoms with Gasteiger partial charge in [0.15, 0.2) is 0 Å². The first kappa shape index (κ1) is 23.4. The normalized spacial score (nSPS) is 11.1. The van der Waals surface area contributed by atoms with Crippen molar-refractivity contribution in [1.29, 1.82) is 0 Å². The number of amides is 1. The Morgan fingerprint density at radius 3 is 2.66 bits per heavy atom. The van der Waals surface area contributed by atoms with E-state index in [0.717, 1.165) is 11.5 Å². The number of benzene rings is 2. The summed E-state index contributed by atoms with van der Waals surface area (Å²) >= 11 is 5.96. The minimum absolute atomic E-state index is 0.113. The quantitative estimate of drug-likeness (QED) is 0.283. The molecule has 38 heavy (non-hydrogen) atoms. The summed E-state index contributed by atoms with van der Waals surface area (Å²) in [6, 6.07) is 19.2. The van der Waals surface area contributed by atoms with Crippen molar-refractivity contribution in [3.8, 4) is 17.2 Å². The van der Waals surface area contributed by atoms with Crippen LogP contribution in [0.2, 0.25) is 5.02 Å². The molecule has 0 unspecified atom stereocenters. The smallest absolute Gasteiger partial charge is 0.269 e. The van der Waals surface area contributed by atoms with Crippen molar-refractivity contribution in [3.63, 3.8) is 0 Å². The van der Waals surface area contributed by atoms with E-state index in [4.69, 9.17) is 16.3 Å². The summed E-state index contributed by atoms with van der Waals surface area (Å²) in [6.45, 7) is 0. The molecule has 1 amide bonds. The van der Waals surface area contributed by atoms with Gasteiger partial charge in [0.05, 0.1) is 16.1 Å². The number of hydrogen-bond acceptors (Lipinski definition) is 5. The predicted molar refractivity (Wildman–Crippen MR) is 143 cm³/mol. The number of ether oxygens (including phenoxy) is 1. The van der Waals surface area contributed by atoms with Crippen molar-refractivity contribution in [3.05, 3.63) is 118 Å². The monoisotopic (exact) mass is 525 g/mol. The van der Waals surface area contributed by atoms with E-state index in [0.29, 0.717) is 33.9 Å². The fourth-order valence-corrected chi connectivity index (χ4v) is 4.30. The number of nitrogens with one attached hydrogen (secondary N) is 2. The molecule has 6 rings (SSSR count). The minimum atomic E-state index is -0.622. The van der Waals surface area contributed by atoms with E-state index >= 15 is 0 Å². The zero-order chi connectivity index (χ0) is 26.2. The number of aromatic nitrogens is 4. The second kappa shape index (κ2) is 9.45. The molecule has 186 valence electrons. The molecule has 2 aromatic carbocycles. The molecule has 10 heteroatoms. The Bertz CT molecular complexity index is 1900. The van der Waals surface area contributed by atoms with Gasteiger partial charge in [0.1, 0.15) is 34.2 Å². The van der Waals surface area contributed by atoms with Crippen molar-refractivity contribution in [2.45, 2.75) is 0 Å². The van der Waals surface area contributed by atoms with Crippen LogP contribution in [0.1, 0.15) is 10.4 Å². The highest BCUT2D eigenvalue weighted by Gasteiger charge is 2.18. The first-order valence-corrected chi connectivity index (χ1v) is 11.8. The van der Waals surface area contributed by atoms with E-state index in [2.05, 4.69) is 20.3 Å². The van der Waals surface area contributed by atoms with E-state index in [-0.39, 0.29) is 16.3 Å². The molecule has 4 heterocycles. The third kappa shape index (κ3) is 4.25. The minimum Gasteiger partial charge on any atom is -0.457 e. The first-order chi connectivity index (χ1) is 18.5. The number of anilines is 1. The molecule has 0 saturated heterocycles. The SMILES string of the molecule is O=C(Nc1ccc(Oc2ccnc3[nH]ccc23)cc1)c1cc2cccnc2n(-c2ccc(F)c(Cl)c2)c1=O. The van der Waals surface area contributed by atoms with Crippen molar-refractivity contribution in [2.75, 3.05) is 5.32 Å². The number of rotatable bonds is 5. The van der Waals surface area contributed by atoms with Crippen LogP contribution in [0.4, 0.5) is 10.1 Å².